The van der Waals surface area contributed by atoms with Gasteiger partial charge in [-0.05, 0) is 42.8 Å². The number of rotatable bonds is 6. The molecule has 2 aromatic carbocycles. The summed E-state index contributed by atoms with van der Waals surface area (Å²) in [7, 11) is 3.17. The molecule has 1 atom stereocenters. The van der Waals surface area contributed by atoms with Crippen LogP contribution in [0, 0.1) is 12.7 Å². The van der Waals surface area contributed by atoms with Crippen LogP contribution in [-0.4, -0.2) is 23.6 Å². The van der Waals surface area contributed by atoms with Crippen LogP contribution in [0.2, 0.25) is 0 Å². The third kappa shape index (κ3) is 3.88. The SMILES string of the molecule is COc1cccc(C(Nc2nc(C)ns2)c2cc(F)ccc2OC)c1. The molecular weight excluding hydrogens is 341 g/mol. The van der Waals surface area contributed by atoms with Gasteiger partial charge in [-0.3, -0.25) is 0 Å². The molecule has 1 N–H and O–H groups in total. The van der Waals surface area contributed by atoms with Crippen LogP contribution in [-0.2, 0) is 0 Å². The molecule has 7 heteroatoms. The minimum Gasteiger partial charge on any atom is -0.497 e. The number of anilines is 1. The lowest BCUT2D eigenvalue weighted by Gasteiger charge is -2.22. The molecule has 1 heterocycles. The zero-order valence-electron chi connectivity index (χ0n) is 14.1. The number of aryl methyl sites for hydroxylation is 1. The zero-order chi connectivity index (χ0) is 17.8. The minimum absolute atomic E-state index is 0.334. The normalized spacial score (nSPS) is 11.8. The van der Waals surface area contributed by atoms with E-state index in [1.54, 1.807) is 20.3 Å². The van der Waals surface area contributed by atoms with E-state index in [0.717, 1.165) is 5.56 Å². The van der Waals surface area contributed by atoms with Crippen molar-refractivity contribution in [3.8, 4) is 11.5 Å². The molecule has 0 bridgehead atoms. The highest BCUT2D eigenvalue weighted by molar-refractivity contribution is 7.09. The highest BCUT2D eigenvalue weighted by Crippen LogP contribution is 2.35. The molecule has 0 saturated carbocycles. The Morgan fingerprint density at radius 2 is 1.96 bits per heavy atom. The highest BCUT2D eigenvalue weighted by Gasteiger charge is 2.21. The van der Waals surface area contributed by atoms with Crippen molar-refractivity contribution in [1.82, 2.24) is 9.36 Å². The maximum atomic E-state index is 13.9. The molecule has 130 valence electrons. The van der Waals surface area contributed by atoms with Crippen LogP contribution in [0.1, 0.15) is 23.0 Å². The molecule has 5 nitrogen and oxygen atoms in total. The first-order valence-corrected chi connectivity index (χ1v) is 8.42. The Bertz CT molecular complexity index is 869. The summed E-state index contributed by atoms with van der Waals surface area (Å²) < 4.78 is 28.9. The maximum absolute atomic E-state index is 13.9. The Kier molecular flexibility index (Phi) is 5.14. The van der Waals surface area contributed by atoms with Crippen molar-refractivity contribution < 1.29 is 13.9 Å². The molecule has 0 fully saturated rings. The standard InChI is InChI=1S/C18H18FN3O2S/c1-11-20-18(25-22-11)21-17(12-5-4-6-14(9-12)23-2)15-10-13(19)7-8-16(15)24-3/h4-10,17H,1-3H3,(H,20,21,22). The van der Waals surface area contributed by atoms with E-state index in [0.29, 0.717) is 28.0 Å². The van der Waals surface area contributed by atoms with E-state index in [-0.39, 0.29) is 11.9 Å². The summed E-state index contributed by atoms with van der Waals surface area (Å²) >= 11 is 1.26. The van der Waals surface area contributed by atoms with Gasteiger partial charge in [0.15, 0.2) is 0 Å². The molecule has 1 aromatic heterocycles. The summed E-state index contributed by atoms with van der Waals surface area (Å²) in [4.78, 5) is 4.35. The van der Waals surface area contributed by atoms with Crippen molar-refractivity contribution in [3.05, 3.63) is 65.2 Å². The summed E-state index contributed by atoms with van der Waals surface area (Å²) in [5.74, 6) is 1.65. The van der Waals surface area contributed by atoms with Gasteiger partial charge in [0.1, 0.15) is 23.1 Å². The molecular formula is C18H18FN3O2S. The Morgan fingerprint density at radius 1 is 1.12 bits per heavy atom. The molecule has 0 aliphatic heterocycles. The van der Waals surface area contributed by atoms with Crippen molar-refractivity contribution in [2.45, 2.75) is 13.0 Å². The van der Waals surface area contributed by atoms with Gasteiger partial charge >= 0.3 is 0 Å². The van der Waals surface area contributed by atoms with E-state index in [9.17, 15) is 4.39 Å². The van der Waals surface area contributed by atoms with Gasteiger partial charge in [-0.2, -0.15) is 4.37 Å². The largest absolute Gasteiger partial charge is 0.497 e. The number of hydrogen-bond acceptors (Lipinski definition) is 6. The molecule has 0 radical (unpaired) electrons. The molecule has 3 rings (SSSR count). The van der Waals surface area contributed by atoms with E-state index in [4.69, 9.17) is 9.47 Å². The third-order valence-electron chi connectivity index (χ3n) is 3.73. The number of nitrogens with zero attached hydrogens (tertiary/aromatic N) is 2. The Balaban J connectivity index is 2.09. The van der Waals surface area contributed by atoms with Crippen LogP contribution < -0.4 is 14.8 Å². The zero-order valence-corrected chi connectivity index (χ0v) is 14.9. The quantitative estimate of drug-likeness (QED) is 0.715. The minimum atomic E-state index is -0.368. The second-order valence-corrected chi connectivity index (χ2v) is 6.14. The summed E-state index contributed by atoms with van der Waals surface area (Å²) in [6, 6.07) is 11.7. The van der Waals surface area contributed by atoms with Gasteiger partial charge in [-0.1, -0.05) is 12.1 Å². The van der Waals surface area contributed by atoms with Crippen LogP contribution in [0.25, 0.3) is 0 Å². The lowest BCUT2D eigenvalue weighted by Crippen LogP contribution is -2.14. The van der Waals surface area contributed by atoms with Gasteiger partial charge in [0.05, 0.1) is 20.3 Å². The summed E-state index contributed by atoms with van der Waals surface area (Å²) in [6.45, 7) is 1.82. The fourth-order valence-electron chi connectivity index (χ4n) is 2.57. The van der Waals surface area contributed by atoms with Crippen molar-refractivity contribution in [1.29, 1.82) is 0 Å². The smallest absolute Gasteiger partial charge is 0.203 e. The van der Waals surface area contributed by atoms with Gasteiger partial charge in [0.25, 0.3) is 0 Å². The molecule has 0 spiro atoms. The van der Waals surface area contributed by atoms with Crippen LogP contribution in [0.4, 0.5) is 9.52 Å². The summed E-state index contributed by atoms with van der Waals surface area (Å²) in [5, 5.41) is 3.98. The van der Waals surface area contributed by atoms with Crippen molar-refractivity contribution in [2.75, 3.05) is 19.5 Å². The average Bonchev–Trinajstić information content (AvgIpc) is 3.04. The number of aromatic nitrogens is 2. The van der Waals surface area contributed by atoms with Crippen molar-refractivity contribution in [2.24, 2.45) is 0 Å². The van der Waals surface area contributed by atoms with Crippen LogP contribution in [0.3, 0.4) is 0 Å². The Hall–Kier alpha value is -2.67. The first-order valence-electron chi connectivity index (χ1n) is 7.65. The first kappa shape index (κ1) is 17.2. The maximum Gasteiger partial charge on any atom is 0.203 e. The summed E-state index contributed by atoms with van der Waals surface area (Å²) in [6.07, 6.45) is 0. The average molecular weight is 359 g/mol. The van der Waals surface area contributed by atoms with Crippen LogP contribution in [0.15, 0.2) is 42.5 Å². The molecule has 1 unspecified atom stereocenters. The molecule has 0 saturated heterocycles. The van der Waals surface area contributed by atoms with Crippen molar-refractivity contribution >= 4 is 16.7 Å². The number of methoxy groups -OCH3 is 2. The van der Waals surface area contributed by atoms with E-state index >= 15 is 0 Å². The lowest BCUT2D eigenvalue weighted by molar-refractivity contribution is 0.406. The van der Waals surface area contributed by atoms with Gasteiger partial charge in [-0.25, -0.2) is 9.37 Å². The van der Waals surface area contributed by atoms with Crippen LogP contribution >= 0.6 is 11.5 Å². The number of hydrogen-bond donors (Lipinski definition) is 1. The van der Waals surface area contributed by atoms with E-state index < -0.39 is 0 Å². The van der Waals surface area contributed by atoms with Crippen molar-refractivity contribution in [3.63, 3.8) is 0 Å². The molecule has 0 aliphatic carbocycles. The number of halogens is 1. The molecule has 3 aromatic rings. The monoisotopic (exact) mass is 359 g/mol. The lowest BCUT2D eigenvalue weighted by atomic mass is 9.97. The van der Waals surface area contributed by atoms with E-state index in [1.165, 1.54) is 23.7 Å². The second-order valence-electron chi connectivity index (χ2n) is 5.39. The predicted octanol–water partition coefficient (Wildman–Crippen LogP) is 4.20. The highest BCUT2D eigenvalue weighted by atomic mass is 32.1. The Morgan fingerprint density at radius 3 is 2.64 bits per heavy atom. The van der Waals surface area contributed by atoms with E-state index in [1.807, 2.05) is 31.2 Å². The van der Waals surface area contributed by atoms with Gasteiger partial charge in [0.2, 0.25) is 5.13 Å². The number of ether oxygens (including phenoxy) is 2. The first-order chi connectivity index (χ1) is 12.1. The summed E-state index contributed by atoms with van der Waals surface area (Å²) in [5.41, 5.74) is 1.57. The number of nitrogens with one attached hydrogen (secondary N) is 1. The topological polar surface area (TPSA) is 56.3 Å². The fraction of sp³-hybridized carbons (Fsp3) is 0.222. The predicted molar refractivity (Wildman–Crippen MR) is 96.1 cm³/mol. The molecule has 25 heavy (non-hydrogen) atoms. The molecule has 0 aliphatic rings. The van der Waals surface area contributed by atoms with Gasteiger partial charge < -0.3 is 14.8 Å². The van der Waals surface area contributed by atoms with E-state index in [2.05, 4.69) is 14.7 Å². The second kappa shape index (κ2) is 7.48. The Labute approximate surface area is 149 Å². The number of benzene rings is 2. The van der Waals surface area contributed by atoms with Gasteiger partial charge in [0, 0.05) is 17.1 Å². The molecule has 0 amide bonds. The third-order valence-corrected chi connectivity index (χ3v) is 4.46. The van der Waals surface area contributed by atoms with Gasteiger partial charge in [-0.15, -0.1) is 0 Å². The van der Waals surface area contributed by atoms with Crippen LogP contribution in [0.5, 0.6) is 11.5 Å². The fourth-order valence-corrected chi connectivity index (χ4v) is 3.17.